The summed E-state index contributed by atoms with van der Waals surface area (Å²) in [6, 6.07) is 0. The summed E-state index contributed by atoms with van der Waals surface area (Å²) >= 11 is 0. The van der Waals surface area contributed by atoms with Gasteiger partial charge in [0.05, 0.1) is 18.0 Å². The van der Waals surface area contributed by atoms with Crippen molar-refractivity contribution in [1.82, 2.24) is 24.8 Å². The van der Waals surface area contributed by atoms with Gasteiger partial charge in [-0.25, -0.2) is 4.68 Å². The summed E-state index contributed by atoms with van der Waals surface area (Å²) in [6.07, 6.45) is 4.62. The Morgan fingerprint density at radius 1 is 1.36 bits per heavy atom. The molecule has 0 unspecified atom stereocenters. The second-order valence-electron chi connectivity index (χ2n) is 2.97. The van der Waals surface area contributed by atoms with E-state index in [9.17, 15) is 4.79 Å². The molecule has 0 aliphatic heterocycles. The van der Waals surface area contributed by atoms with Crippen molar-refractivity contribution >= 4 is 5.78 Å². The van der Waals surface area contributed by atoms with Crippen LogP contribution in [0.1, 0.15) is 16.1 Å². The van der Waals surface area contributed by atoms with Gasteiger partial charge in [-0.3, -0.25) is 9.48 Å². The van der Waals surface area contributed by atoms with Crippen LogP contribution in [0.4, 0.5) is 0 Å². The molecule has 0 aliphatic rings. The number of aromatic nitrogens is 5. The molecule has 0 aliphatic carbocycles. The Hall–Kier alpha value is -1.98. The Bertz CT molecular complexity index is 470. The highest BCUT2D eigenvalue weighted by atomic mass is 16.1. The maximum absolute atomic E-state index is 11.8. The molecule has 72 valence electrons. The fourth-order valence-electron chi connectivity index (χ4n) is 1.18. The van der Waals surface area contributed by atoms with Crippen molar-refractivity contribution < 1.29 is 4.79 Å². The molecule has 0 saturated heterocycles. The van der Waals surface area contributed by atoms with E-state index >= 15 is 0 Å². The molecule has 0 aromatic carbocycles. The Labute approximate surface area is 80.1 Å². The van der Waals surface area contributed by atoms with Crippen LogP contribution in [0.3, 0.4) is 0 Å². The molecular formula is C8H9N5O. The minimum Gasteiger partial charge on any atom is -0.287 e. The smallest absolute Gasteiger partial charge is 0.215 e. The molecule has 2 heterocycles. The quantitative estimate of drug-likeness (QED) is 0.615. The first-order chi connectivity index (χ1) is 6.68. The van der Waals surface area contributed by atoms with Gasteiger partial charge in [0, 0.05) is 20.3 Å². The molecule has 0 saturated carbocycles. The third-order valence-electron chi connectivity index (χ3n) is 1.91. The van der Waals surface area contributed by atoms with Gasteiger partial charge >= 0.3 is 0 Å². The molecule has 14 heavy (non-hydrogen) atoms. The average molecular weight is 191 g/mol. The molecule has 2 aromatic heterocycles. The first-order valence-corrected chi connectivity index (χ1v) is 4.06. The third-order valence-corrected chi connectivity index (χ3v) is 1.91. The Kier molecular flexibility index (Phi) is 1.88. The Balaban J connectivity index is 2.38. The van der Waals surface area contributed by atoms with Gasteiger partial charge in [0.2, 0.25) is 5.78 Å². The predicted molar refractivity (Wildman–Crippen MR) is 47.6 cm³/mol. The Morgan fingerprint density at radius 3 is 2.64 bits per heavy atom. The molecule has 6 nitrogen and oxygen atoms in total. The Morgan fingerprint density at radius 2 is 2.14 bits per heavy atom. The fraction of sp³-hybridized carbons (Fsp3) is 0.250. The van der Waals surface area contributed by atoms with Gasteiger partial charge in [0.15, 0.2) is 0 Å². The molecule has 0 fully saturated rings. The maximum atomic E-state index is 11.8. The van der Waals surface area contributed by atoms with E-state index in [2.05, 4.69) is 15.4 Å². The minimum atomic E-state index is -0.120. The lowest BCUT2D eigenvalue weighted by atomic mass is 10.2. The van der Waals surface area contributed by atoms with Gasteiger partial charge in [-0.05, 0) is 0 Å². The molecular weight excluding hydrogens is 182 g/mol. The van der Waals surface area contributed by atoms with E-state index in [0.717, 1.165) is 0 Å². The second kappa shape index (κ2) is 3.06. The van der Waals surface area contributed by atoms with Gasteiger partial charge in [-0.2, -0.15) is 5.10 Å². The first-order valence-electron chi connectivity index (χ1n) is 4.06. The highest BCUT2D eigenvalue weighted by molar-refractivity contribution is 6.07. The number of carbonyl (C=O) groups is 1. The summed E-state index contributed by atoms with van der Waals surface area (Å²) in [5, 5.41) is 11.3. The van der Waals surface area contributed by atoms with Crippen LogP contribution in [0, 0.1) is 0 Å². The van der Waals surface area contributed by atoms with Crippen LogP contribution in [0.25, 0.3) is 0 Å². The average Bonchev–Trinajstić information content (AvgIpc) is 2.73. The normalized spacial score (nSPS) is 10.4. The second-order valence-corrected chi connectivity index (χ2v) is 2.97. The van der Waals surface area contributed by atoms with Crippen molar-refractivity contribution in [2.75, 3.05) is 0 Å². The maximum Gasteiger partial charge on any atom is 0.215 e. The molecule has 0 bridgehead atoms. The largest absolute Gasteiger partial charge is 0.287 e. The van der Waals surface area contributed by atoms with Crippen LogP contribution in [0.2, 0.25) is 0 Å². The van der Waals surface area contributed by atoms with E-state index in [0.29, 0.717) is 11.3 Å². The lowest BCUT2D eigenvalue weighted by Crippen LogP contribution is -2.07. The number of carbonyl (C=O) groups excluding carboxylic acids is 1. The van der Waals surface area contributed by atoms with Gasteiger partial charge in [0.1, 0.15) is 5.69 Å². The predicted octanol–water partition coefficient (Wildman–Crippen LogP) is -0.220. The number of aryl methyl sites for hydroxylation is 2. The van der Waals surface area contributed by atoms with Crippen molar-refractivity contribution in [1.29, 1.82) is 0 Å². The van der Waals surface area contributed by atoms with Crippen molar-refractivity contribution in [3.63, 3.8) is 0 Å². The molecule has 0 atom stereocenters. The molecule has 0 amide bonds. The fourth-order valence-corrected chi connectivity index (χ4v) is 1.18. The number of hydrogen-bond donors (Lipinski definition) is 0. The summed E-state index contributed by atoms with van der Waals surface area (Å²) in [6.45, 7) is 0. The summed E-state index contributed by atoms with van der Waals surface area (Å²) in [7, 11) is 3.44. The third kappa shape index (κ3) is 1.30. The summed E-state index contributed by atoms with van der Waals surface area (Å²) in [5.41, 5.74) is 0.996. The van der Waals surface area contributed by atoms with Gasteiger partial charge in [-0.15, -0.1) is 5.10 Å². The number of hydrogen-bond acceptors (Lipinski definition) is 4. The van der Waals surface area contributed by atoms with Crippen LogP contribution in [-0.2, 0) is 14.1 Å². The highest BCUT2D eigenvalue weighted by Crippen LogP contribution is 2.05. The van der Waals surface area contributed by atoms with E-state index in [1.54, 1.807) is 25.0 Å². The SMILES string of the molecule is Cn1cc(C(=O)c2cnnn2C)cn1. The monoisotopic (exact) mass is 191 g/mol. The number of nitrogens with zero attached hydrogens (tertiary/aromatic N) is 5. The van der Waals surface area contributed by atoms with Crippen LogP contribution >= 0.6 is 0 Å². The van der Waals surface area contributed by atoms with Crippen molar-refractivity contribution in [3.05, 3.63) is 29.8 Å². The first kappa shape index (κ1) is 8.61. The zero-order valence-electron chi connectivity index (χ0n) is 7.88. The summed E-state index contributed by atoms with van der Waals surface area (Å²) in [4.78, 5) is 11.8. The standard InChI is InChI=1S/C8H9N5O/c1-12-5-6(3-10-12)8(14)7-4-9-11-13(7)2/h3-5H,1-2H3. The van der Waals surface area contributed by atoms with E-state index in [1.807, 2.05) is 0 Å². The van der Waals surface area contributed by atoms with Gasteiger partial charge in [-0.1, -0.05) is 5.21 Å². The highest BCUT2D eigenvalue weighted by Gasteiger charge is 2.14. The van der Waals surface area contributed by atoms with Gasteiger partial charge < -0.3 is 0 Å². The lowest BCUT2D eigenvalue weighted by Gasteiger charge is -1.95. The van der Waals surface area contributed by atoms with E-state index in [1.165, 1.54) is 17.1 Å². The van der Waals surface area contributed by atoms with Crippen molar-refractivity contribution in [2.45, 2.75) is 0 Å². The molecule has 0 spiro atoms. The summed E-state index contributed by atoms with van der Waals surface area (Å²) in [5.74, 6) is -0.120. The van der Waals surface area contributed by atoms with Crippen LogP contribution < -0.4 is 0 Å². The van der Waals surface area contributed by atoms with Gasteiger partial charge in [0.25, 0.3) is 0 Å². The molecule has 0 radical (unpaired) electrons. The van der Waals surface area contributed by atoms with Crippen LogP contribution in [0.5, 0.6) is 0 Å². The molecule has 6 heteroatoms. The molecule has 0 N–H and O–H groups in total. The molecule has 2 aromatic rings. The van der Waals surface area contributed by atoms with Crippen molar-refractivity contribution in [3.8, 4) is 0 Å². The van der Waals surface area contributed by atoms with E-state index in [4.69, 9.17) is 0 Å². The molecule has 2 rings (SSSR count). The van der Waals surface area contributed by atoms with E-state index < -0.39 is 0 Å². The zero-order chi connectivity index (χ0) is 10.1. The van der Waals surface area contributed by atoms with E-state index in [-0.39, 0.29) is 5.78 Å². The zero-order valence-corrected chi connectivity index (χ0v) is 7.88. The summed E-state index contributed by atoms with van der Waals surface area (Å²) < 4.78 is 3.02. The minimum absolute atomic E-state index is 0.120. The van der Waals surface area contributed by atoms with Crippen molar-refractivity contribution in [2.24, 2.45) is 14.1 Å². The van der Waals surface area contributed by atoms with Crippen LogP contribution in [-0.4, -0.2) is 30.6 Å². The van der Waals surface area contributed by atoms with Crippen LogP contribution in [0.15, 0.2) is 18.6 Å². The number of rotatable bonds is 2. The lowest BCUT2D eigenvalue weighted by molar-refractivity contribution is 0.103. The topological polar surface area (TPSA) is 65.6 Å². The number of ketones is 1.